The van der Waals surface area contributed by atoms with Gasteiger partial charge in [-0.15, -0.1) is 0 Å². The molecular formula is C20H26N2O3S. The van der Waals surface area contributed by atoms with Crippen molar-refractivity contribution in [1.82, 2.24) is 5.32 Å². The van der Waals surface area contributed by atoms with Gasteiger partial charge in [-0.05, 0) is 50.5 Å². The van der Waals surface area contributed by atoms with E-state index in [2.05, 4.69) is 5.32 Å². The van der Waals surface area contributed by atoms with Gasteiger partial charge in [0.25, 0.3) is 5.91 Å². The van der Waals surface area contributed by atoms with Crippen LogP contribution in [0.5, 0.6) is 0 Å². The molecule has 0 spiro atoms. The quantitative estimate of drug-likeness (QED) is 0.845. The van der Waals surface area contributed by atoms with Crippen LogP contribution < -0.4 is 9.62 Å². The molecule has 26 heavy (non-hydrogen) atoms. The topological polar surface area (TPSA) is 66.5 Å². The zero-order valence-corrected chi connectivity index (χ0v) is 16.7. The highest BCUT2D eigenvalue weighted by atomic mass is 32.2. The van der Waals surface area contributed by atoms with Gasteiger partial charge in [-0.2, -0.15) is 0 Å². The van der Waals surface area contributed by atoms with Crippen LogP contribution in [0.3, 0.4) is 0 Å². The number of benzene rings is 2. The third-order valence-electron chi connectivity index (χ3n) is 4.33. The number of nitrogens with one attached hydrogen (secondary N) is 1. The van der Waals surface area contributed by atoms with Crippen molar-refractivity contribution < 1.29 is 13.2 Å². The van der Waals surface area contributed by atoms with Crippen LogP contribution in [0.2, 0.25) is 0 Å². The van der Waals surface area contributed by atoms with Gasteiger partial charge in [-0.25, -0.2) is 8.42 Å². The summed E-state index contributed by atoms with van der Waals surface area (Å²) in [6.45, 7) is 5.70. The third kappa shape index (κ3) is 4.85. The Hall–Kier alpha value is -2.34. The monoisotopic (exact) mass is 374 g/mol. The van der Waals surface area contributed by atoms with Gasteiger partial charge in [0.05, 0.1) is 11.9 Å². The maximum Gasteiger partial charge on any atom is 0.252 e. The molecule has 0 saturated heterocycles. The lowest BCUT2D eigenvalue weighted by Gasteiger charge is -2.27. The third-order valence-corrected chi connectivity index (χ3v) is 5.52. The number of carbonyl (C=O) groups excluding carboxylic acids is 1. The molecule has 0 aliphatic carbocycles. The van der Waals surface area contributed by atoms with Crippen LogP contribution in [0, 0.1) is 6.92 Å². The molecule has 0 radical (unpaired) electrons. The highest BCUT2D eigenvalue weighted by Gasteiger charge is 2.24. The second kappa shape index (κ2) is 7.50. The van der Waals surface area contributed by atoms with Gasteiger partial charge in [0, 0.05) is 18.2 Å². The predicted molar refractivity (Wildman–Crippen MR) is 106 cm³/mol. The first-order valence-corrected chi connectivity index (χ1v) is 10.3. The highest BCUT2D eigenvalue weighted by molar-refractivity contribution is 7.92. The average molecular weight is 375 g/mol. The Balaban J connectivity index is 2.24. The van der Waals surface area contributed by atoms with Gasteiger partial charge in [0.1, 0.15) is 0 Å². The molecule has 2 aromatic rings. The van der Waals surface area contributed by atoms with E-state index in [9.17, 15) is 13.2 Å². The predicted octanol–water partition coefficient (Wildman–Crippen LogP) is 3.14. The van der Waals surface area contributed by atoms with Crippen molar-refractivity contribution >= 4 is 21.6 Å². The number of hydrogen-bond donors (Lipinski definition) is 1. The summed E-state index contributed by atoms with van der Waals surface area (Å²) in [7, 11) is -1.91. The van der Waals surface area contributed by atoms with Crippen molar-refractivity contribution in [2.45, 2.75) is 32.7 Å². The van der Waals surface area contributed by atoms with E-state index in [4.69, 9.17) is 0 Å². The zero-order valence-electron chi connectivity index (χ0n) is 15.9. The van der Waals surface area contributed by atoms with E-state index in [0.29, 0.717) is 23.2 Å². The first-order chi connectivity index (χ1) is 12.0. The van der Waals surface area contributed by atoms with E-state index in [1.165, 1.54) is 11.4 Å². The molecule has 0 fully saturated rings. The van der Waals surface area contributed by atoms with Crippen molar-refractivity contribution in [2.75, 3.05) is 17.6 Å². The largest absolute Gasteiger partial charge is 0.347 e. The first-order valence-electron chi connectivity index (χ1n) is 8.41. The maximum atomic E-state index is 12.8. The molecule has 0 atom stereocenters. The van der Waals surface area contributed by atoms with Crippen LogP contribution in [-0.2, 0) is 16.4 Å². The van der Waals surface area contributed by atoms with Crippen LogP contribution >= 0.6 is 0 Å². The lowest BCUT2D eigenvalue weighted by Crippen LogP contribution is -2.45. The summed E-state index contributed by atoms with van der Waals surface area (Å²) in [5, 5.41) is 3.06. The SMILES string of the molecule is Cc1c(C(=O)NC(C)(C)Cc2ccccc2)cccc1N(C)S(C)(=O)=O. The number of hydrogen-bond acceptors (Lipinski definition) is 3. The van der Waals surface area contributed by atoms with Gasteiger partial charge < -0.3 is 5.32 Å². The molecule has 1 N–H and O–H groups in total. The smallest absolute Gasteiger partial charge is 0.252 e. The van der Waals surface area contributed by atoms with Crippen molar-refractivity contribution in [2.24, 2.45) is 0 Å². The number of carbonyl (C=O) groups is 1. The van der Waals surface area contributed by atoms with Gasteiger partial charge in [-0.3, -0.25) is 9.10 Å². The van der Waals surface area contributed by atoms with Gasteiger partial charge >= 0.3 is 0 Å². The summed E-state index contributed by atoms with van der Waals surface area (Å²) in [5.74, 6) is -0.216. The van der Waals surface area contributed by atoms with Gasteiger partial charge in [0.2, 0.25) is 10.0 Å². The second-order valence-electron chi connectivity index (χ2n) is 7.18. The van der Waals surface area contributed by atoms with Crippen molar-refractivity contribution in [3.05, 3.63) is 65.2 Å². The molecule has 6 heteroatoms. The number of nitrogens with zero attached hydrogens (tertiary/aromatic N) is 1. The fourth-order valence-corrected chi connectivity index (χ4v) is 3.47. The molecule has 0 aromatic heterocycles. The summed E-state index contributed by atoms with van der Waals surface area (Å²) in [5.41, 5.74) is 2.30. The van der Waals surface area contributed by atoms with Crippen LogP contribution in [0.25, 0.3) is 0 Å². The Morgan fingerprint density at radius 3 is 2.27 bits per heavy atom. The molecule has 0 bridgehead atoms. The fourth-order valence-electron chi connectivity index (χ4n) is 2.91. The zero-order chi connectivity index (χ0) is 19.5. The van der Waals surface area contributed by atoms with Crippen molar-refractivity contribution in [3.63, 3.8) is 0 Å². The Bertz CT molecular complexity index is 891. The minimum atomic E-state index is -3.40. The average Bonchev–Trinajstić information content (AvgIpc) is 2.53. The molecule has 0 heterocycles. The fraction of sp³-hybridized carbons (Fsp3) is 0.350. The lowest BCUT2D eigenvalue weighted by atomic mass is 9.94. The molecule has 2 aromatic carbocycles. The highest BCUT2D eigenvalue weighted by Crippen LogP contribution is 2.24. The van der Waals surface area contributed by atoms with Crippen LogP contribution in [-0.4, -0.2) is 33.2 Å². The molecule has 1 amide bonds. The number of rotatable bonds is 6. The Labute approximate surface area is 156 Å². The van der Waals surface area contributed by atoms with Crippen LogP contribution in [0.1, 0.15) is 35.3 Å². The van der Waals surface area contributed by atoms with Crippen molar-refractivity contribution in [3.8, 4) is 0 Å². The van der Waals surface area contributed by atoms with E-state index in [-0.39, 0.29) is 5.91 Å². The first kappa shape index (κ1) is 20.0. The minimum absolute atomic E-state index is 0.216. The molecule has 2 rings (SSSR count). The summed E-state index contributed by atoms with van der Waals surface area (Å²) in [6, 6.07) is 15.1. The molecular weight excluding hydrogens is 348 g/mol. The van der Waals surface area contributed by atoms with E-state index in [1.807, 2.05) is 44.2 Å². The van der Waals surface area contributed by atoms with Crippen LogP contribution in [0.15, 0.2) is 48.5 Å². The summed E-state index contributed by atoms with van der Waals surface area (Å²) >= 11 is 0. The molecule has 5 nitrogen and oxygen atoms in total. The summed E-state index contributed by atoms with van der Waals surface area (Å²) in [6.07, 6.45) is 1.84. The molecule has 140 valence electrons. The Morgan fingerprint density at radius 2 is 1.69 bits per heavy atom. The van der Waals surface area contributed by atoms with Crippen LogP contribution in [0.4, 0.5) is 5.69 Å². The van der Waals surface area contributed by atoms with Gasteiger partial charge in [0.15, 0.2) is 0 Å². The molecule has 0 aliphatic rings. The second-order valence-corrected chi connectivity index (χ2v) is 9.19. The summed E-state index contributed by atoms with van der Waals surface area (Å²) < 4.78 is 24.8. The lowest BCUT2D eigenvalue weighted by molar-refractivity contribution is 0.0912. The molecule has 0 unspecified atom stereocenters. The number of anilines is 1. The van der Waals surface area contributed by atoms with Gasteiger partial charge in [-0.1, -0.05) is 36.4 Å². The maximum absolute atomic E-state index is 12.8. The number of amides is 1. The normalized spacial score (nSPS) is 11.9. The van der Waals surface area contributed by atoms with E-state index >= 15 is 0 Å². The van der Waals surface area contributed by atoms with E-state index < -0.39 is 15.6 Å². The molecule has 0 saturated carbocycles. The Morgan fingerprint density at radius 1 is 1.08 bits per heavy atom. The van der Waals surface area contributed by atoms with E-state index in [0.717, 1.165) is 11.8 Å². The Kier molecular flexibility index (Phi) is 5.76. The summed E-state index contributed by atoms with van der Waals surface area (Å²) in [4.78, 5) is 12.8. The molecule has 0 aliphatic heterocycles. The minimum Gasteiger partial charge on any atom is -0.347 e. The number of sulfonamides is 1. The standard InChI is InChI=1S/C20H26N2O3S/c1-15-17(12-9-13-18(15)22(4)26(5,24)25)19(23)21-20(2,3)14-16-10-7-6-8-11-16/h6-13H,14H2,1-5H3,(H,21,23). The van der Waals surface area contributed by atoms with Crippen molar-refractivity contribution in [1.29, 1.82) is 0 Å². The van der Waals surface area contributed by atoms with E-state index in [1.54, 1.807) is 25.1 Å².